The van der Waals surface area contributed by atoms with Crippen LogP contribution in [-0.4, -0.2) is 60.9 Å². The van der Waals surface area contributed by atoms with E-state index in [1.54, 1.807) is 0 Å². The van der Waals surface area contributed by atoms with Crippen molar-refractivity contribution in [2.45, 2.75) is 12.2 Å². The van der Waals surface area contributed by atoms with Crippen molar-refractivity contribution in [2.75, 3.05) is 24.7 Å². The van der Waals surface area contributed by atoms with Crippen LogP contribution in [0, 0.1) is 0 Å². The van der Waals surface area contributed by atoms with Gasteiger partial charge in [0, 0.05) is 11.5 Å². The van der Waals surface area contributed by atoms with Crippen molar-refractivity contribution in [2.24, 2.45) is 0 Å². The van der Waals surface area contributed by atoms with Crippen LogP contribution in [0.1, 0.15) is 0 Å². The molecule has 0 aromatic carbocycles. The number of rotatable bonds is 6. The Labute approximate surface area is 96.7 Å². The van der Waals surface area contributed by atoms with Gasteiger partial charge in [-0.15, -0.1) is 23.5 Å². The molecule has 0 aliphatic heterocycles. The van der Waals surface area contributed by atoms with Crippen LogP contribution in [0.3, 0.4) is 0 Å². The Bertz CT molecular complexity index is 151. The fourth-order valence-corrected chi connectivity index (χ4v) is 2.49. The average Bonchev–Trinajstić information content (AvgIpc) is 2.22. The smallest absolute Gasteiger partial charge is 0.104 e. The van der Waals surface area contributed by atoms with E-state index in [0.717, 1.165) is 0 Å². The molecular formula is C7H14O4S3. The maximum atomic E-state index is 9.00. The van der Waals surface area contributed by atoms with Gasteiger partial charge >= 0.3 is 0 Å². The first-order chi connectivity index (χ1) is 6.60. The molecule has 4 nitrogen and oxygen atoms in total. The predicted octanol–water partition coefficient (Wildman–Crippen LogP) is -0.556. The van der Waals surface area contributed by atoms with Gasteiger partial charge in [0.2, 0.25) is 0 Å². The predicted molar refractivity (Wildman–Crippen MR) is 63.7 cm³/mol. The van der Waals surface area contributed by atoms with Crippen LogP contribution in [0.5, 0.6) is 0 Å². The lowest BCUT2D eigenvalue weighted by Gasteiger charge is -2.08. The summed E-state index contributed by atoms with van der Waals surface area (Å²) in [4.78, 5) is 0. The van der Waals surface area contributed by atoms with Crippen molar-refractivity contribution in [3.05, 3.63) is 0 Å². The van der Waals surface area contributed by atoms with Gasteiger partial charge in [-0.25, -0.2) is 0 Å². The lowest BCUT2D eigenvalue weighted by atomic mass is 10.4. The van der Waals surface area contributed by atoms with Crippen LogP contribution in [0.25, 0.3) is 0 Å². The Balaban J connectivity index is 3.46. The molecule has 0 saturated heterocycles. The maximum absolute atomic E-state index is 9.00. The molecule has 14 heavy (non-hydrogen) atoms. The van der Waals surface area contributed by atoms with Crippen LogP contribution in [0.15, 0.2) is 0 Å². The Morgan fingerprint density at radius 2 is 1.36 bits per heavy atom. The largest absolute Gasteiger partial charge is 0.394 e. The van der Waals surface area contributed by atoms with Crippen molar-refractivity contribution >= 4 is 39.3 Å². The number of thioether (sulfide) groups is 2. The van der Waals surface area contributed by atoms with E-state index < -0.39 is 12.2 Å². The van der Waals surface area contributed by atoms with Gasteiger partial charge < -0.3 is 20.4 Å². The molecule has 0 aromatic heterocycles. The zero-order valence-electron chi connectivity index (χ0n) is 7.50. The zero-order chi connectivity index (χ0) is 11.0. The van der Waals surface area contributed by atoms with E-state index in [1.807, 2.05) is 0 Å². The summed E-state index contributed by atoms with van der Waals surface area (Å²) < 4.78 is 0.588. The maximum Gasteiger partial charge on any atom is 0.104 e. The summed E-state index contributed by atoms with van der Waals surface area (Å²) in [6, 6.07) is 0. The van der Waals surface area contributed by atoms with Gasteiger partial charge in [-0.05, 0) is 0 Å². The molecule has 0 radical (unpaired) electrons. The molecule has 0 aliphatic rings. The Morgan fingerprint density at radius 3 is 1.64 bits per heavy atom. The highest BCUT2D eigenvalue weighted by molar-refractivity contribution is 8.47. The topological polar surface area (TPSA) is 80.9 Å². The fourth-order valence-electron chi connectivity index (χ4n) is 0.476. The summed E-state index contributed by atoms with van der Waals surface area (Å²) in [5.74, 6) is 0.690. The molecule has 0 heterocycles. The summed E-state index contributed by atoms with van der Waals surface area (Å²) in [5, 5.41) is 35.0. The van der Waals surface area contributed by atoms with E-state index in [2.05, 4.69) is 0 Å². The summed E-state index contributed by atoms with van der Waals surface area (Å²) in [7, 11) is 0. The van der Waals surface area contributed by atoms with E-state index in [9.17, 15) is 0 Å². The van der Waals surface area contributed by atoms with Crippen molar-refractivity contribution < 1.29 is 20.4 Å². The number of aliphatic hydroxyl groups excluding tert-OH is 4. The summed E-state index contributed by atoms with van der Waals surface area (Å²) in [5.41, 5.74) is 0. The van der Waals surface area contributed by atoms with Crippen LogP contribution in [-0.2, 0) is 0 Å². The van der Waals surface area contributed by atoms with Crippen LogP contribution in [0.2, 0.25) is 0 Å². The minimum atomic E-state index is -0.763. The molecule has 0 rings (SSSR count). The lowest BCUT2D eigenvalue weighted by Crippen LogP contribution is -2.17. The van der Waals surface area contributed by atoms with Gasteiger partial charge in [-0.2, -0.15) is 0 Å². The first kappa shape index (κ1) is 14.6. The third-order valence-corrected chi connectivity index (χ3v) is 4.20. The first-order valence-corrected chi connectivity index (χ1v) is 6.35. The monoisotopic (exact) mass is 258 g/mol. The molecule has 0 fully saturated rings. The fraction of sp³-hybridized carbons (Fsp3) is 0.857. The molecule has 0 saturated carbocycles. The van der Waals surface area contributed by atoms with Crippen LogP contribution in [0.4, 0.5) is 0 Å². The minimum Gasteiger partial charge on any atom is -0.394 e. The minimum absolute atomic E-state index is 0.278. The number of hydrogen-bond acceptors (Lipinski definition) is 7. The van der Waals surface area contributed by atoms with Crippen molar-refractivity contribution in [3.8, 4) is 0 Å². The lowest BCUT2D eigenvalue weighted by molar-refractivity contribution is 0.113. The highest BCUT2D eigenvalue weighted by Gasteiger charge is 2.08. The van der Waals surface area contributed by atoms with Crippen molar-refractivity contribution in [1.82, 2.24) is 0 Å². The molecule has 0 bridgehead atoms. The van der Waals surface area contributed by atoms with E-state index in [-0.39, 0.29) is 13.2 Å². The number of hydrogen-bond donors (Lipinski definition) is 4. The average molecular weight is 258 g/mol. The molecule has 2 atom stereocenters. The van der Waals surface area contributed by atoms with E-state index >= 15 is 0 Å². The SMILES string of the molecule is OCC(O)CSC(=S)SCC(O)CO. The van der Waals surface area contributed by atoms with Crippen molar-refractivity contribution in [1.29, 1.82) is 0 Å². The van der Waals surface area contributed by atoms with Gasteiger partial charge in [0.05, 0.1) is 25.4 Å². The summed E-state index contributed by atoms with van der Waals surface area (Å²) >= 11 is 7.43. The highest BCUT2D eigenvalue weighted by atomic mass is 32.2. The number of aliphatic hydroxyl groups is 4. The second-order valence-corrected chi connectivity index (χ2v) is 5.79. The van der Waals surface area contributed by atoms with Crippen molar-refractivity contribution in [3.63, 3.8) is 0 Å². The second kappa shape index (κ2) is 8.90. The highest BCUT2D eigenvalue weighted by Crippen LogP contribution is 2.18. The Kier molecular flexibility index (Phi) is 9.30. The van der Waals surface area contributed by atoms with Gasteiger partial charge in [-0.1, -0.05) is 12.2 Å². The number of thiocarbonyl (C=S) groups is 1. The molecule has 7 heteroatoms. The van der Waals surface area contributed by atoms with Crippen LogP contribution >= 0.6 is 35.7 Å². The molecule has 0 amide bonds. The quantitative estimate of drug-likeness (QED) is 0.476. The Morgan fingerprint density at radius 1 is 1.00 bits per heavy atom. The molecule has 4 N–H and O–H groups in total. The molecule has 2 unspecified atom stereocenters. The van der Waals surface area contributed by atoms with Gasteiger partial charge in [-0.3, -0.25) is 0 Å². The molecular weight excluding hydrogens is 244 g/mol. The standard InChI is InChI=1S/C7H14O4S3/c8-1-5(10)3-13-7(12)14-4-6(11)2-9/h5-6,8-11H,1-4H2. The summed E-state index contributed by atoms with van der Waals surface area (Å²) in [6.45, 7) is -0.556. The van der Waals surface area contributed by atoms with E-state index in [4.69, 9.17) is 32.6 Å². The third-order valence-electron chi connectivity index (χ3n) is 1.21. The zero-order valence-corrected chi connectivity index (χ0v) is 9.95. The first-order valence-electron chi connectivity index (χ1n) is 3.97. The van der Waals surface area contributed by atoms with Crippen LogP contribution < -0.4 is 0 Å². The van der Waals surface area contributed by atoms with E-state index in [1.165, 1.54) is 23.5 Å². The summed E-state index contributed by atoms with van der Waals surface area (Å²) in [6.07, 6.45) is -1.53. The van der Waals surface area contributed by atoms with E-state index in [0.29, 0.717) is 15.0 Å². The second-order valence-electron chi connectivity index (χ2n) is 2.54. The molecule has 0 spiro atoms. The van der Waals surface area contributed by atoms with Gasteiger partial charge in [0.15, 0.2) is 0 Å². The normalized spacial score (nSPS) is 15.1. The van der Waals surface area contributed by atoms with Gasteiger partial charge in [0.1, 0.15) is 3.53 Å². The Hall–Kier alpha value is 0.630. The molecule has 0 aliphatic carbocycles. The third kappa shape index (κ3) is 7.98. The molecule has 84 valence electrons. The molecule has 0 aromatic rings. The van der Waals surface area contributed by atoms with Gasteiger partial charge in [0.25, 0.3) is 0 Å².